The van der Waals surface area contributed by atoms with Crippen LogP contribution in [0, 0.1) is 11.3 Å². The second-order valence-corrected chi connectivity index (χ2v) is 8.67. The molecule has 0 aliphatic carbocycles. The van der Waals surface area contributed by atoms with Crippen LogP contribution in [0.15, 0.2) is 24.4 Å². The first kappa shape index (κ1) is 21.7. The minimum absolute atomic E-state index is 0.0132. The molecule has 30 heavy (non-hydrogen) atoms. The van der Waals surface area contributed by atoms with Gasteiger partial charge in [0.15, 0.2) is 0 Å². The van der Waals surface area contributed by atoms with Gasteiger partial charge in [-0.2, -0.15) is 0 Å². The van der Waals surface area contributed by atoms with Crippen molar-refractivity contribution in [1.29, 1.82) is 0 Å². The second-order valence-electron chi connectivity index (χ2n) is 8.67. The van der Waals surface area contributed by atoms with Crippen molar-refractivity contribution in [1.82, 2.24) is 9.78 Å². The second kappa shape index (κ2) is 8.38. The summed E-state index contributed by atoms with van der Waals surface area (Å²) in [6.07, 6.45) is 2.46. The van der Waals surface area contributed by atoms with Gasteiger partial charge in [-0.1, -0.05) is 13.8 Å². The summed E-state index contributed by atoms with van der Waals surface area (Å²) in [5.41, 5.74) is 0.931. The van der Waals surface area contributed by atoms with Gasteiger partial charge in [-0.25, -0.2) is 0 Å². The third-order valence-corrected chi connectivity index (χ3v) is 5.08. The highest BCUT2D eigenvalue weighted by Crippen LogP contribution is 2.38. The minimum Gasteiger partial charge on any atom is -0.490 e. The van der Waals surface area contributed by atoms with Crippen molar-refractivity contribution in [2.45, 2.75) is 34.1 Å². The third kappa shape index (κ3) is 4.42. The SMILES string of the molecule is COc1nn(C)cc1C(=O)Nc1ccc2c(c1)N(CCC(C)C)C(=O)C(C)(C)CO2. The fourth-order valence-electron chi connectivity index (χ4n) is 3.31. The lowest BCUT2D eigenvalue weighted by Gasteiger charge is -2.28. The average molecular weight is 415 g/mol. The van der Waals surface area contributed by atoms with Crippen LogP contribution in [0.4, 0.5) is 11.4 Å². The summed E-state index contributed by atoms with van der Waals surface area (Å²) in [5, 5.41) is 6.99. The van der Waals surface area contributed by atoms with Gasteiger partial charge in [0.25, 0.3) is 5.91 Å². The molecule has 0 saturated heterocycles. The Kier molecular flexibility index (Phi) is 6.05. The molecule has 0 unspecified atom stereocenters. The first-order valence-electron chi connectivity index (χ1n) is 10.1. The topological polar surface area (TPSA) is 85.7 Å². The van der Waals surface area contributed by atoms with Gasteiger partial charge in [0.2, 0.25) is 11.8 Å². The van der Waals surface area contributed by atoms with E-state index in [4.69, 9.17) is 9.47 Å². The molecule has 2 heterocycles. The lowest BCUT2D eigenvalue weighted by atomic mass is 9.92. The van der Waals surface area contributed by atoms with Crippen LogP contribution < -0.4 is 19.7 Å². The number of nitrogens with zero attached hydrogens (tertiary/aromatic N) is 3. The molecule has 3 rings (SSSR count). The standard InChI is InChI=1S/C22H30N4O4/c1-14(2)9-10-26-17-11-15(7-8-18(17)30-13-22(3,4)21(26)28)23-19(27)16-12-25(5)24-20(16)29-6/h7-8,11-12,14H,9-10,13H2,1-6H3,(H,23,27). The molecule has 2 aromatic rings. The molecule has 1 aromatic carbocycles. The summed E-state index contributed by atoms with van der Waals surface area (Å²) in [6, 6.07) is 5.35. The number of aromatic nitrogens is 2. The first-order chi connectivity index (χ1) is 14.1. The Morgan fingerprint density at radius 1 is 1.37 bits per heavy atom. The summed E-state index contributed by atoms with van der Waals surface area (Å²) in [7, 11) is 3.19. The van der Waals surface area contributed by atoms with E-state index >= 15 is 0 Å². The van der Waals surface area contributed by atoms with Crippen molar-refractivity contribution >= 4 is 23.2 Å². The van der Waals surface area contributed by atoms with E-state index in [9.17, 15) is 9.59 Å². The first-order valence-corrected chi connectivity index (χ1v) is 10.1. The molecule has 0 bridgehead atoms. The molecule has 1 aliphatic heterocycles. The highest BCUT2D eigenvalue weighted by atomic mass is 16.5. The molecule has 1 aliphatic rings. The molecule has 0 spiro atoms. The largest absolute Gasteiger partial charge is 0.490 e. The lowest BCUT2D eigenvalue weighted by Crippen LogP contribution is -2.42. The monoisotopic (exact) mass is 414 g/mol. The van der Waals surface area contributed by atoms with Gasteiger partial charge in [-0.05, 0) is 44.4 Å². The number of benzene rings is 1. The molecule has 0 atom stereocenters. The van der Waals surface area contributed by atoms with Crippen LogP contribution in [0.1, 0.15) is 44.5 Å². The van der Waals surface area contributed by atoms with Gasteiger partial charge in [0.05, 0.1) is 18.2 Å². The van der Waals surface area contributed by atoms with Crippen molar-refractivity contribution in [2.24, 2.45) is 18.4 Å². The van der Waals surface area contributed by atoms with Crippen LogP contribution in [-0.4, -0.2) is 41.9 Å². The maximum absolute atomic E-state index is 13.2. The Labute approximate surface area is 177 Å². The van der Waals surface area contributed by atoms with Crippen LogP contribution in [0.5, 0.6) is 11.6 Å². The van der Waals surface area contributed by atoms with E-state index in [1.54, 1.807) is 36.3 Å². The predicted octanol–water partition coefficient (Wildman–Crippen LogP) is 3.48. The number of aryl methyl sites for hydroxylation is 1. The number of hydrogen-bond acceptors (Lipinski definition) is 5. The number of anilines is 2. The van der Waals surface area contributed by atoms with Crippen LogP contribution >= 0.6 is 0 Å². The zero-order valence-corrected chi connectivity index (χ0v) is 18.5. The van der Waals surface area contributed by atoms with Crippen molar-refractivity contribution in [2.75, 3.05) is 30.5 Å². The van der Waals surface area contributed by atoms with Gasteiger partial charge < -0.3 is 19.7 Å². The highest BCUT2D eigenvalue weighted by molar-refractivity contribution is 6.06. The van der Waals surface area contributed by atoms with E-state index in [1.165, 1.54) is 11.8 Å². The van der Waals surface area contributed by atoms with Crippen LogP contribution in [-0.2, 0) is 11.8 Å². The zero-order chi connectivity index (χ0) is 22.1. The predicted molar refractivity (Wildman–Crippen MR) is 115 cm³/mol. The maximum Gasteiger partial charge on any atom is 0.262 e. The summed E-state index contributed by atoms with van der Waals surface area (Å²) >= 11 is 0. The van der Waals surface area contributed by atoms with E-state index in [2.05, 4.69) is 24.3 Å². The van der Waals surface area contributed by atoms with Gasteiger partial charge >= 0.3 is 0 Å². The minimum atomic E-state index is -0.636. The number of nitrogens with one attached hydrogen (secondary N) is 1. The Hall–Kier alpha value is -3.03. The van der Waals surface area contributed by atoms with Crippen molar-refractivity contribution in [3.05, 3.63) is 30.0 Å². The molecule has 0 fully saturated rings. The van der Waals surface area contributed by atoms with E-state index in [0.717, 1.165) is 6.42 Å². The molecule has 162 valence electrons. The van der Waals surface area contributed by atoms with Crippen molar-refractivity contribution in [3.8, 4) is 11.6 Å². The molecule has 8 heteroatoms. The summed E-state index contributed by atoms with van der Waals surface area (Å²) < 4.78 is 12.6. The maximum atomic E-state index is 13.2. The molecule has 2 amide bonds. The molecular weight excluding hydrogens is 384 g/mol. The van der Waals surface area contributed by atoms with E-state index in [1.807, 2.05) is 13.8 Å². The number of carbonyl (C=O) groups is 2. The fraction of sp³-hybridized carbons (Fsp3) is 0.500. The number of carbonyl (C=O) groups excluding carboxylic acids is 2. The van der Waals surface area contributed by atoms with E-state index in [0.29, 0.717) is 41.8 Å². The van der Waals surface area contributed by atoms with Crippen LogP contribution in [0.3, 0.4) is 0 Å². The number of amides is 2. The normalized spacial score (nSPS) is 15.4. The zero-order valence-electron chi connectivity index (χ0n) is 18.5. The molecule has 8 nitrogen and oxygen atoms in total. The summed E-state index contributed by atoms with van der Waals surface area (Å²) in [4.78, 5) is 27.7. The van der Waals surface area contributed by atoms with E-state index < -0.39 is 5.41 Å². The van der Waals surface area contributed by atoms with Gasteiger partial charge in [0, 0.05) is 25.5 Å². The fourth-order valence-corrected chi connectivity index (χ4v) is 3.31. The number of fused-ring (bicyclic) bond motifs is 1. The summed E-state index contributed by atoms with van der Waals surface area (Å²) in [5.74, 6) is 1.02. The Balaban J connectivity index is 1.92. The average Bonchev–Trinajstić information content (AvgIpc) is 3.04. The van der Waals surface area contributed by atoms with Crippen molar-refractivity contribution < 1.29 is 19.1 Å². The number of rotatable bonds is 6. The Bertz CT molecular complexity index is 949. The van der Waals surface area contributed by atoms with Gasteiger partial charge in [-0.15, -0.1) is 5.10 Å². The van der Waals surface area contributed by atoms with Gasteiger partial charge in [0.1, 0.15) is 17.9 Å². The van der Waals surface area contributed by atoms with Crippen LogP contribution in [0.2, 0.25) is 0 Å². The molecule has 1 aromatic heterocycles. The molecular formula is C22H30N4O4. The lowest BCUT2D eigenvalue weighted by molar-refractivity contribution is -0.127. The number of ether oxygens (including phenoxy) is 2. The number of hydrogen-bond donors (Lipinski definition) is 1. The highest BCUT2D eigenvalue weighted by Gasteiger charge is 2.37. The number of methoxy groups -OCH3 is 1. The third-order valence-electron chi connectivity index (χ3n) is 5.08. The Morgan fingerprint density at radius 2 is 2.10 bits per heavy atom. The molecule has 0 saturated carbocycles. The van der Waals surface area contributed by atoms with E-state index in [-0.39, 0.29) is 17.7 Å². The Morgan fingerprint density at radius 3 is 2.77 bits per heavy atom. The molecule has 1 N–H and O–H groups in total. The van der Waals surface area contributed by atoms with Gasteiger partial charge in [-0.3, -0.25) is 14.3 Å². The quantitative estimate of drug-likeness (QED) is 0.782. The summed E-state index contributed by atoms with van der Waals surface area (Å²) in [6.45, 7) is 8.92. The van der Waals surface area contributed by atoms with Crippen LogP contribution in [0.25, 0.3) is 0 Å². The smallest absolute Gasteiger partial charge is 0.262 e. The van der Waals surface area contributed by atoms with Crippen molar-refractivity contribution in [3.63, 3.8) is 0 Å². The molecule has 0 radical (unpaired) electrons.